The molecule has 23 heavy (non-hydrogen) atoms. The van der Waals surface area contributed by atoms with Crippen molar-refractivity contribution in [3.8, 4) is 10.6 Å². The first-order valence-corrected chi connectivity index (χ1v) is 9.28. The molecule has 3 rings (SSSR count). The van der Waals surface area contributed by atoms with Crippen LogP contribution in [0.3, 0.4) is 0 Å². The zero-order valence-electron chi connectivity index (χ0n) is 12.9. The fraction of sp³-hybridized carbons (Fsp3) is 0.222. The van der Waals surface area contributed by atoms with Gasteiger partial charge in [0.2, 0.25) is 5.91 Å². The van der Waals surface area contributed by atoms with Gasteiger partial charge in [-0.3, -0.25) is 4.79 Å². The fourth-order valence-electron chi connectivity index (χ4n) is 2.37. The maximum atomic E-state index is 12.2. The number of thiazole rings is 1. The van der Waals surface area contributed by atoms with Crippen LogP contribution in [-0.2, 0) is 17.6 Å². The lowest BCUT2D eigenvalue weighted by Crippen LogP contribution is -2.35. The third-order valence-electron chi connectivity index (χ3n) is 3.41. The van der Waals surface area contributed by atoms with Gasteiger partial charge in [-0.25, -0.2) is 4.98 Å². The van der Waals surface area contributed by atoms with Crippen LogP contribution in [0.15, 0.2) is 53.2 Å². The van der Waals surface area contributed by atoms with Crippen LogP contribution >= 0.6 is 22.7 Å². The van der Waals surface area contributed by atoms with Gasteiger partial charge < -0.3 is 5.32 Å². The van der Waals surface area contributed by atoms with E-state index in [1.165, 1.54) is 4.88 Å². The molecule has 1 atom stereocenters. The quantitative estimate of drug-likeness (QED) is 0.731. The molecular weight excluding hydrogens is 324 g/mol. The molecule has 3 nitrogen and oxygen atoms in total. The predicted molar refractivity (Wildman–Crippen MR) is 96.9 cm³/mol. The molecule has 2 aromatic heterocycles. The lowest BCUT2D eigenvalue weighted by Gasteiger charge is -2.12. The zero-order valence-corrected chi connectivity index (χ0v) is 14.5. The van der Waals surface area contributed by atoms with Gasteiger partial charge in [0.25, 0.3) is 0 Å². The van der Waals surface area contributed by atoms with Crippen molar-refractivity contribution < 1.29 is 4.79 Å². The Balaban J connectivity index is 1.55. The number of rotatable bonds is 6. The summed E-state index contributed by atoms with van der Waals surface area (Å²) in [6.07, 6.45) is 1.20. The third-order valence-corrected chi connectivity index (χ3v) is 5.25. The highest BCUT2D eigenvalue weighted by molar-refractivity contribution is 7.13. The SMILES string of the molecule is CC(Cc1cccs1)NC(=O)Cc1csc(-c2ccccc2)n1. The summed E-state index contributed by atoms with van der Waals surface area (Å²) in [6.45, 7) is 2.04. The van der Waals surface area contributed by atoms with Crippen molar-refractivity contribution in [3.05, 3.63) is 63.8 Å². The molecule has 3 aromatic rings. The number of benzene rings is 1. The highest BCUT2D eigenvalue weighted by Crippen LogP contribution is 2.23. The van der Waals surface area contributed by atoms with Crippen molar-refractivity contribution in [2.75, 3.05) is 0 Å². The lowest BCUT2D eigenvalue weighted by atomic mass is 10.2. The second-order valence-electron chi connectivity index (χ2n) is 5.44. The fourth-order valence-corrected chi connectivity index (χ4v) is 4.03. The van der Waals surface area contributed by atoms with Crippen LogP contribution in [0.4, 0.5) is 0 Å². The van der Waals surface area contributed by atoms with E-state index in [1.54, 1.807) is 22.7 Å². The van der Waals surface area contributed by atoms with Crippen LogP contribution in [0.5, 0.6) is 0 Å². The number of carbonyl (C=O) groups excluding carboxylic acids is 1. The molecule has 2 heterocycles. The van der Waals surface area contributed by atoms with E-state index < -0.39 is 0 Å². The van der Waals surface area contributed by atoms with Gasteiger partial charge in [0.1, 0.15) is 5.01 Å². The number of hydrogen-bond acceptors (Lipinski definition) is 4. The Kier molecular flexibility index (Phi) is 5.20. The number of carbonyl (C=O) groups is 1. The topological polar surface area (TPSA) is 42.0 Å². The number of aromatic nitrogens is 1. The lowest BCUT2D eigenvalue weighted by molar-refractivity contribution is -0.121. The van der Waals surface area contributed by atoms with Gasteiger partial charge in [-0.1, -0.05) is 36.4 Å². The van der Waals surface area contributed by atoms with Gasteiger partial charge in [-0.05, 0) is 18.4 Å². The zero-order chi connectivity index (χ0) is 16.1. The van der Waals surface area contributed by atoms with Crippen LogP contribution in [0.25, 0.3) is 10.6 Å². The second kappa shape index (κ2) is 7.53. The Labute approximate surface area is 144 Å². The van der Waals surface area contributed by atoms with E-state index in [1.807, 2.05) is 48.7 Å². The van der Waals surface area contributed by atoms with Gasteiger partial charge >= 0.3 is 0 Å². The van der Waals surface area contributed by atoms with E-state index in [-0.39, 0.29) is 11.9 Å². The molecule has 1 N–H and O–H groups in total. The molecule has 0 spiro atoms. The Morgan fingerprint density at radius 2 is 2.00 bits per heavy atom. The Hall–Kier alpha value is -1.98. The molecule has 0 aliphatic heterocycles. The largest absolute Gasteiger partial charge is 0.353 e. The average molecular weight is 342 g/mol. The van der Waals surface area contributed by atoms with Gasteiger partial charge in [0.15, 0.2) is 0 Å². The summed E-state index contributed by atoms with van der Waals surface area (Å²) in [4.78, 5) is 18.0. The molecule has 0 fully saturated rings. The first-order chi connectivity index (χ1) is 11.2. The molecule has 0 aliphatic rings. The van der Waals surface area contributed by atoms with Crippen molar-refractivity contribution in [1.82, 2.24) is 10.3 Å². The first-order valence-electron chi connectivity index (χ1n) is 7.52. The molecule has 0 bridgehead atoms. The molecule has 1 unspecified atom stereocenters. The molecule has 0 radical (unpaired) electrons. The standard InChI is InChI=1S/C18H18N2OS2/c1-13(10-16-8-5-9-22-16)19-17(21)11-15-12-23-18(20-15)14-6-3-2-4-7-14/h2-9,12-13H,10-11H2,1H3,(H,19,21). The maximum absolute atomic E-state index is 12.2. The van der Waals surface area contributed by atoms with Gasteiger partial charge in [-0.15, -0.1) is 22.7 Å². The Bertz CT molecular complexity index is 750. The minimum atomic E-state index is 0.0268. The number of hydrogen-bond donors (Lipinski definition) is 1. The molecule has 5 heteroatoms. The van der Waals surface area contributed by atoms with E-state index in [4.69, 9.17) is 0 Å². The van der Waals surface area contributed by atoms with Crippen LogP contribution in [0, 0.1) is 0 Å². The van der Waals surface area contributed by atoms with Crippen molar-refractivity contribution in [2.45, 2.75) is 25.8 Å². The second-order valence-corrected chi connectivity index (χ2v) is 7.33. The molecule has 1 amide bonds. The van der Waals surface area contributed by atoms with Crippen LogP contribution < -0.4 is 5.32 Å². The van der Waals surface area contributed by atoms with Gasteiger partial charge in [0.05, 0.1) is 12.1 Å². The molecule has 0 aliphatic carbocycles. The summed E-state index contributed by atoms with van der Waals surface area (Å²) in [5, 5.41) is 8.03. The van der Waals surface area contributed by atoms with E-state index in [0.717, 1.165) is 22.7 Å². The number of thiophene rings is 1. The van der Waals surface area contributed by atoms with Crippen LogP contribution in [-0.4, -0.2) is 16.9 Å². The highest BCUT2D eigenvalue weighted by atomic mass is 32.1. The molecular formula is C18H18N2OS2. The van der Waals surface area contributed by atoms with E-state index in [2.05, 4.69) is 21.7 Å². The molecule has 0 saturated carbocycles. The summed E-state index contributed by atoms with van der Waals surface area (Å²) >= 11 is 3.30. The van der Waals surface area contributed by atoms with E-state index in [9.17, 15) is 4.79 Å². The summed E-state index contributed by atoms with van der Waals surface area (Å²) in [7, 11) is 0. The predicted octanol–water partition coefficient (Wildman–Crippen LogP) is 4.16. The summed E-state index contributed by atoms with van der Waals surface area (Å²) < 4.78 is 0. The highest BCUT2D eigenvalue weighted by Gasteiger charge is 2.12. The van der Waals surface area contributed by atoms with Crippen LogP contribution in [0.1, 0.15) is 17.5 Å². The maximum Gasteiger partial charge on any atom is 0.226 e. The summed E-state index contributed by atoms with van der Waals surface area (Å²) in [5.74, 6) is 0.0268. The Morgan fingerprint density at radius 1 is 1.17 bits per heavy atom. The van der Waals surface area contributed by atoms with Gasteiger partial charge in [-0.2, -0.15) is 0 Å². The molecule has 0 saturated heterocycles. The van der Waals surface area contributed by atoms with E-state index >= 15 is 0 Å². The summed E-state index contributed by atoms with van der Waals surface area (Å²) in [6, 6.07) is 14.3. The van der Waals surface area contributed by atoms with E-state index in [0.29, 0.717) is 6.42 Å². The van der Waals surface area contributed by atoms with Gasteiger partial charge in [0, 0.05) is 28.3 Å². The van der Waals surface area contributed by atoms with Crippen molar-refractivity contribution >= 4 is 28.6 Å². The van der Waals surface area contributed by atoms with Crippen LogP contribution in [0.2, 0.25) is 0 Å². The minimum absolute atomic E-state index is 0.0268. The number of amides is 1. The first kappa shape index (κ1) is 15.9. The number of nitrogens with zero attached hydrogens (tertiary/aromatic N) is 1. The minimum Gasteiger partial charge on any atom is -0.353 e. The smallest absolute Gasteiger partial charge is 0.226 e. The number of nitrogens with one attached hydrogen (secondary N) is 1. The normalized spacial score (nSPS) is 12.0. The monoisotopic (exact) mass is 342 g/mol. The molecule has 1 aromatic carbocycles. The molecule has 118 valence electrons. The van der Waals surface area contributed by atoms with Crippen molar-refractivity contribution in [3.63, 3.8) is 0 Å². The van der Waals surface area contributed by atoms with Crippen molar-refractivity contribution in [2.24, 2.45) is 0 Å². The Morgan fingerprint density at radius 3 is 2.74 bits per heavy atom. The average Bonchev–Trinajstić information content (AvgIpc) is 3.20. The van der Waals surface area contributed by atoms with Crippen molar-refractivity contribution in [1.29, 1.82) is 0 Å². The summed E-state index contributed by atoms with van der Waals surface area (Å²) in [5.41, 5.74) is 1.92. The third kappa shape index (κ3) is 4.50.